The summed E-state index contributed by atoms with van der Waals surface area (Å²) in [6, 6.07) is -1.84. The molecule has 0 saturated carbocycles. The van der Waals surface area contributed by atoms with Crippen LogP contribution in [0.5, 0.6) is 0 Å². The SMILES string of the molecule is CC(=O)NC1CC(=O)N(C(CC(C)C)C(N)=O)C1=O. The number of hydrogen-bond acceptors (Lipinski definition) is 4. The fourth-order valence-corrected chi connectivity index (χ4v) is 2.13. The van der Waals surface area contributed by atoms with Crippen LogP contribution < -0.4 is 11.1 Å². The topological polar surface area (TPSA) is 110 Å². The van der Waals surface area contributed by atoms with Crippen molar-refractivity contribution in [1.82, 2.24) is 10.2 Å². The second-order valence-electron chi connectivity index (χ2n) is 5.11. The zero-order chi connectivity index (χ0) is 14.7. The van der Waals surface area contributed by atoms with E-state index < -0.39 is 35.7 Å². The van der Waals surface area contributed by atoms with E-state index in [-0.39, 0.29) is 12.3 Å². The van der Waals surface area contributed by atoms with Gasteiger partial charge in [-0.15, -0.1) is 0 Å². The number of nitrogens with one attached hydrogen (secondary N) is 1. The third kappa shape index (κ3) is 3.52. The van der Waals surface area contributed by atoms with E-state index in [9.17, 15) is 19.2 Å². The van der Waals surface area contributed by atoms with Crippen LogP contribution in [-0.2, 0) is 19.2 Å². The minimum absolute atomic E-state index is 0.109. The summed E-state index contributed by atoms with van der Waals surface area (Å²) in [4.78, 5) is 47.2. The number of nitrogens with two attached hydrogens (primary N) is 1. The fraction of sp³-hybridized carbons (Fsp3) is 0.667. The van der Waals surface area contributed by atoms with Crippen molar-refractivity contribution in [3.05, 3.63) is 0 Å². The first kappa shape index (κ1) is 15.1. The average molecular weight is 269 g/mol. The Bertz CT molecular complexity index is 419. The van der Waals surface area contributed by atoms with E-state index in [1.165, 1.54) is 6.92 Å². The molecular weight excluding hydrogens is 250 g/mol. The predicted molar refractivity (Wildman–Crippen MR) is 66.5 cm³/mol. The molecule has 0 radical (unpaired) electrons. The van der Waals surface area contributed by atoms with Crippen molar-refractivity contribution in [2.24, 2.45) is 11.7 Å². The van der Waals surface area contributed by atoms with Gasteiger partial charge in [0.05, 0.1) is 6.42 Å². The summed E-state index contributed by atoms with van der Waals surface area (Å²) >= 11 is 0. The Morgan fingerprint density at radius 3 is 2.42 bits per heavy atom. The monoisotopic (exact) mass is 269 g/mol. The second kappa shape index (κ2) is 5.81. The summed E-state index contributed by atoms with van der Waals surface area (Å²) in [6.07, 6.45) is 0.194. The van der Waals surface area contributed by atoms with Crippen LogP contribution in [0.15, 0.2) is 0 Å². The zero-order valence-electron chi connectivity index (χ0n) is 11.3. The number of carbonyl (C=O) groups excluding carboxylic acids is 4. The van der Waals surface area contributed by atoms with E-state index in [4.69, 9.17) is 5.73 Å². The van der Waals surface area contributed by atoms with E-state index in [1.54, 1.807) is 0 Å². The molecule has 7 heteroatoms. The van der Waals surface area contributed by atoms with E-state index in [0.29, 0.717) is 6.42 Å². The number of likely N-dealkylation sites (tertiary alicyclic amines) is 1. The van der Waals surface area contributed by atoms with E-state index in [1.807, 2.05) is 13.8 Å². The molecule has 1 aliphatic heterocycles. The highest BCUT2D eigenvalue weighted by Crippen LogP contribution is 2.20. The molecular formula is C12H19N3O4. The van der Waals surface area contributed by atoms with Gasteiger partial charge in [-0.1, -0.05) is 13.8 Å². The number of nitrogens with zero attached hydrogens (tertiary/aromatic N) is 1. The number of amides is 4. The van der Waals surface area contributed by atoms with Crippen molar-refractivity contribution < 1.29 is 19.2 Å². The van der Waals surface area contributed by atoms with Crippen LogP contribution in [0.25, 0.3) is 0 Å². The summed E-state index contributed by atoms with van der Waals surface area (Å²) in [6.45, 7) is 5.00. The van der Waals surface area contributed by atoms with Crippen LogP contribution in [0.3, 0.4) is 0 Å². The van der Waals surface area contributed by atoms with Gasteiger partial charge in [0.25, 0.3) is 5.91 Å². The molecule has 1 rings (SSSR count). The molecule has 0 bridgehead atoms. The quantitative estimate of drug-likeness (QED) is 0.633. The van der Waals surface area contributed by atoms with Gasteiger partial charge in [0, 0.05) is 6.92 Å². The molecule has 7 nitrogen and oxygen atoms in total. The van der Waals surface area contributed by atoms with E-state index in [0.717, 1.165) is 4.90 Å². The molecule has 19 heavy (non-hydrogen) atoms. The lowest BCUT2D eigenvalue weighted by atomic mass is 10.0. The molecule has 1 aliphatic rings. The Labute approximate surface area is 111 Å². The van der Waals surface area contributed by atoms with Crippen molar-refractivity contribution in [2.75, 3.05) is 0 Å². The van der Waals surface area contributed by atoms with E-state index >= 15 is 0 Å². The van der Waals surface area contributed by atoms with Gasteiger partial charge < -0.3 is 11.1 Å². The zero-order valence-corrected chi connectivity index (χ0v) is 11.3. The smallest absolute Gasteiger partial charge is 0.253 e. The minimum atomic E-state index is -0.946. The van der Waals surface area contributed by atoms with Crippen molar-refractivity contribution in [3.8, 4) is 0 Å². The summed E-state index contributed by atoms with van der Waals surface area (Å²) in [5, 5.41) is 2.40. The van der Waals surface area contributed by atoms with Gasteiger partial charge in [-0.3, -0.25) is 24.1 Å². The average Bonchev–Trinajstić information content (AvgIpc) is 2.50. The summed E-state index contributed by atoms with van der Waals surface area (Å²) < 4.78 is 0. The highest BCUT2D eigenvalue weighted by Gasteiger charge is 2.44. The highest BCUT2D eigenvalue weighted by molar-refractivity contribution is 6.09. The summed E-state index contributed by atoms with van der Waals surface area (Å²) in [5.74, 6) is -2.04. The lowest BCUT2D eigenvalue weighted by molar-refractivity contribution is -0.147. The fourth-order valence-electron chi connectivity index (χ4n) is 2.13. The Kier molecular flexibility index (Phi) is 4.63. The molecule has 1 fully saturated rings. The third-order valence-electron chi connectivity index (χ3n) is 2.90. The minimum Gasteiger partial charge on any atom is -0.368 e. The van der Waals surface area contributed by atoms with E-state index in [2.05, 4.69) is 5.32 Å². The molecule has 1 saturated heterocycles. The van der Waals surface area contributed by atoms with Gasteiger partial charge in [0.2, 0.25) is 17.7 Å². The number of rotatable bonds is 5. The first-order valence-electron chi connectivity index (χ1n) is 6.16. The van der Waals surface area contributed by atoms with Crippen LogP contribution >= 0.6 is 0 Å². The van der Waals surface area contributed by atoms with Gasteiger partial charge in [-0.05, 0) is 12.3 Å². The van der Waals surface area contributed by atoms with Crippen molar-refractivity contribution >= 4 is 23.6 Å². The second-order valence-corrected chi connectivity index (χ2v) is 5.11. The molecule has 2 atom stereocenters. The van der Waals surface area contributed by atoms with Crippen LogP contribution in [0.2, 0.25) is 0 Å². The van der Waals surface area contributed by atoms with Gasteiger partial charge >= 0.3 is 0 Å². The van der Waals surface area contributed by atoms with Gasteiger partial charge in [-0.25, -0.2) is 0 Å². The molecule has 0 aromatic carbocycles. The maximum absolute atomic E-state index is 12.1. The molecule has 0 spiro atoms. The lowest BCUT2D eigenvalue weighted by Gasteiger charge is -2.25. The van der Waals surface area contributed by atoms with Crippen LogP contribution in [-0.4, -0.2) is 40.6 Å². The molecule has 4 amide bonds. The largest absolute Gasteiger partial charge is 0.368 e. The Morgan fingerprint density at radius 1 is 1.42 bits per heavy atom. The maximum atomic E-state index is 12.1. The Hall–Kier alpha value is -1.92. The third-order valence-corrected chi connectivity index (χ3v) is 2.90. The van der Waals surface area contributed by atoms with Gasteiger partial charge in [0.1, 0.15) is 12.1 Å². The molecule has 0 aromatic rings. The van der Waals surface area contributed by atoms with Gasteiger partial charge in [0.15, 0.2) is 0 Å². The Morgan fingerprint density at radius 2 is 2.00 bits per heavy atom. The Balaban J connectivity index is 2.91. The summed E-state index contributed by atoms with van der Waals surface area (Å²) in [5.41, 5.74) is 5.26. The van der Waals surface area contributed by atoms with Crippen LogP contribution in [0, 0.1) is 5.92 Å². The summed E-state index contributed by atoms with van der Waals surface area (Å²) in [7, 11) is 0. The van der Waals surface area contributed by atoms with Crippen LogP contribution in [0.1, 0.15) is 33.6 Å². The molecule has 2 unspecified atom stereocenters. The van der Waals surface area contributed by atoms with Crippen LogP contribution in [0.4, 0.5) is 0 Å². The molecule has 0 aromatic heterocycles. The van der Waals surface area contributed by atoms with Crippen molar-refractivity contribution in [2.45, 2.75) is 45.7 Å². The number of hydrogen-bond donors (Lipinski definition) is 2. The normalized spacial score (nSPS) is 20.8. The highest BCUT2D eigenvalue weighted by atomic mass is 16.2. The first-order valence-corrected chi connectivity index (χ1v) is 6.16. The number of imide groups is 1. The number of primary amides is 1. The van der Waals surface area contributed by atoms with Crippen molar-refractivity contribution in [1.29, 1.82) is 0 Å². The molecule has 1 heterocycles. The lowest BCUT2D eigenvalue weighted by Crippen LogP contribution is -2.50. The standard InChI is InChI=1S/C12H19N3O4/c1-6(2)4-9(11(13)18)15-10(17)5-8(12(15)19)14-7(3)16/h6,8-9H,4-5H2,1-3H3,(H2,13,18)(H,14,16). The molecule has 106 valence electrons. The molecule has 3 N–H and O–H groups in total. The van der Waals surface area contributed by atoms with Crippen molar-refractivity contribution in [3.63, 3.8) is 0 Å². The predicted octanol–water partition coefficient (Wildman–Crippen LogP) is -0.850. The van der Waals surface area contributed by atoms with Gasteiger partial charge in [-0.2, -0.15) is 0 Å². The number of carbonyl (C=O) groups is 4. The maximum Gasteiger partial charge on any atom is 0.253 e. The molecule has 0 aliphatic carbocycles. The first-order chi connectivity index (χ1) is 8.73.